The lowest BCUT2D eigenvalue weighted by Crippen LogP contribution is -2.23. The van der Waals surface area contributed by atoms with Crippen molar-refractivity contribution in [2.75, 3.05) is 0 Å². The fourth-order valence-corrected chi connectivity index (χ4v) is 1.87. The molecule has 0 radical (unpaired) electrons. The molecule has 0 fully saturated rings. The predicted molar refractivity (Wildman–Crippen MR) is 66.7 cm³/mol. The molecular weight excluding hydrogens is 263 g/mol. The summed E-state index contributed by atoms with van der Waals surface area (Å²) in [4.78, 5) is 0. The van der Waals surface area contributed by atoms with Gasteiger partial charge in [0.15, 0.2) is 5.82 Å². The smallest absolute Gasteiger partial charge is 0.209 e. The first-order chi connectivity index (χ1) is 8.09. The van der Waals surface area contributed by atoms with Gasteiger partial charge in [0.1, 0.15) is 6.33 Å². The molecule has 0 atom stereocenters. The summed E-state index contributed by atoms with van der Waals surface area (Å²) in [5, 5.41) is 12.3. The van der Waals surface area contributed by atoms with Crippen molar-refractivity contribution in [2.45, 2.75) is 0 Å². The number of aromatic nitrogens is 3. The third kappa shape index (κ3) is 2.32. The van der Waals surface area contributed by atoms with E-state index in [4.69, 9.17) is 34.7 Å². The van der Waals surface area contributed by atoms with Gasteiger partial charge in [-0.1, -0.05) is 29.3 Å². The van der Waals surface area contributed by atoms with Crippen LogP contribution in [0.25, 0.3) is 11.4 Å². The van der Waals surface area contributed by atoms with Gasteiger partial charge in [0.25, 0.3) is 0 Å². The summed E-state index contributed by atoms with van der Waals surface area (Å²) in [5.74, 6) is 0.253. The van der Waals surface area contributed by atoms with Gasteiger partial charge in [-0.25, -0.2) is 0 Å². The number of rotatable bonds is 2. The van der Waals surface area contributed by atoms with Crippen LogP contribution in [0.3, 0.4) is 0 Å². The van der Waals surface area contributed by atoms with Crippen LogP contribution < -0.4 is 11.5 Å². The highest BCUT2D eigenvalue weighted by Crippen LogP contribution is 2.32. The number of hydrogen-bond acceptors (Lipinski definition) is 3. The molecule has 1 aromatic heterocycles. The molecule has 2 rings (SSSR count). The summed E-state index contributed by atoms with van der Waals surface area (Å²) in [6.45, 7) is 0. The minimum atomic E-state index is -0.116. The van der Waals surface area contributed by atoms with Crippen LogP contribution in [0.4, 0.5) is 0 Å². The number of benzene rings is 1. The Balaban J connectivity index is 2.62. The van der Waals surface area contributed by atoms with Crippen molar-refractivity contribution in [3.8, 4) is 11.4 Å². The molecule has 88 valence electrons. The average molecular weight is 271 g/mol. The second-order valence-electron chi connectivity index (χ2n) is 3.12. The van der Waals surface area contributed by atoms with E-state index in [1.54, 1.807) is 18.2 Å². The highest BCUT2D eigenvalue weighted by molar-refractivity contribution is 6.38. The molecule has 8 heteroatoms. The largest absolute Gasteiger partial charge is 0.369 e. The number of halogens is 2. The highest BCUT2D eigenvalue weighted by atomic mass is 35.5. The van der Waals surface area contributed by atoms with Crippen molar-refractivity contribution in [3.05, 3.63) is 34.6 Å². The molecule has 4 N–H and O–H groups in total. The lowest BCUT2D eigenvalue weighted by atomic mass is 10.2. The van der Waals surface area contributed by atoms with Crippen molar-refractivity contribution < 1.29 is 0 Å². The van der Waals surface area contributed by atoms with E-state index < -0.39 is 0 Å². The Bertz CT molecular complexity index is 552. The topological polar surface area (TPSA) is 95.1 Å². The molecule has 2 aromatic rings. The van der Waals surface area contributed by atoms with Crippen LogP contribution >= 0.6 is 23.2 Å². The minimum Gasteiger partial charge on any atom is -0.369 e. The zero-order valence-corrected chi connectivity index (χ0v) is 10.0. The lowest BCUT2D eigenvalue weighted by Gasteiger charge is -2.05. The fourth-order valence-electron chi connectivity index (χ4n) is 1.30. The zero-order valence-electron chi connectivity index (χ0n) is 8.51. The first-order valence-electron chi connectivity index (χ1n) is 4.54. The van der Waals surface area contributed by atoms with E-state index >= 15 is 0 Å². The fraction of sp³-hybridized carbons (Fsp3) is 0. The molecule has 0 saturated heterocycles. The molecule has 6 nitrogen and oxygen atoms in total. The van der Waals surface area contributed by atoms with Gasteiger partial charge in [0.05, 0.1) is 15.6 Å². The molecule has 0 saturated carbocycles. The lowest BCUT2D eigenvalue weighted by molar-refractivity contribution is 0.875. The Kier molecular flexibility index (Phi) is 3.16. The van der Waals surface area contributed by atoms with Gasteiger partial charge in [-0.3, -0.25) is 0 Å². The van der Waals surface area contributed by atoms with E-state index in [0.717, 1.165) is 0 Å². The third-order valence-corrected chi connectivity index (χ3v) is 2.57. The van der Waals surface area contributed by atoms with E-state index in [0.29, 0.717) is 21.4 Å². The van der Waals surface area contributed by atoms with Crippen LogP contribution in [0.1, 0.15) is 0 Å². The van der Waals surface area contributed by atoms with Crippen molar-refractivity contribution in [1.29, 1.82) is 0 Å². The molecule has 17 heavy (non-hydrogen) atoms. The van der Waals surface area contributed by atoms with Gasteiger partial charge in [0.2, 0.25) is 5.96 Å². The monoisotopic (exact) mass is 270 g/mol. The van der Waals surface area contributed by atoms with Crippen LogP contribution in [0.5, 0.6) is 0 Å². The van der Waals surface area contributed by atoms with E-state index in [9.17, 15) is 0 Å². The van der Waals surface area contributed by atoms with Crippen molar-refractivity contribution in [2.24, 2.45) is 16.6 Å². The summed E-state index contributed by atoms with van der Waals surface area (Å²) in [7, 11) is 0. The van der Waals surface area contributed by atoms with E-state index in [-0.39, 0.29) is 5.96 Å². The minimum absolute atomic E-state index is 0.116. The maximum absolute atomic E-state index is 6.05. The molecule has 0 aliphatic heterocycles. The average Bonchev–Trinajstić information content (AvgIpc) is 2.65. The van der Waals surface area contributed by atoms with E-state index in [1.807, 2.05) is 0 Å². The van der Waals surface area contributed by atoms with Crippen LogP contribution in [0, 0.1) is 0 Å². The quantitative estimate of drug-likeness (QED) is 0.635. The van der Waals surface area contributed by atoms with Gasteiger partial charge in [-0.05, 0) is 12.1 Å². The predicted octanol–water partition coefficient (Wildman–Crippen LogP) is 1.29. The van der Waals surface area contributed by atoms with Crippen molar-refractivity contribution in [3.63, 3.8) is 0 Å². The Morgan fingerprint density at radius 1 is 1.24 bits per heavy atom. The maximum atomic E-state index is 6.05. The normalized spacial score (nSPS) is 10.2. The molecular formula is C9H8Cl2N6. The summed E-state index contributed by atoms with van der Waals surface area (Å²) in [5.41, 5.74) is 11.1. The van der Waals surface area contributed by atoms with Gasteiger partial charge in [-0.2, -0.15) is 4.68 Å². The summed E-state index contributed by atoms with van der Waals surface area (Å²) in [6.07, 6.45) is 1.36. The first kappa shape index (κ1) is 11.7. The van der Waals surface area contributed by atoms with E-state index in [1.165, 1.54) is 11.0 Å². The zero-order chi connectivity index (χ0) is 12.4. The molecule has 0 aliphatic carbocycles. The van der Waals surface area contributed by atoms with Crippen LogP contribution in [-0.4, -0.2) is 20.8 Å². The Labute approximate surface area is 107 Å². The standard InChI is InChI=1S/C9H8Cl2N6/c10-5-2-1-3-6(11)7(5)8-15-14-4-17(8)16-9(12)13/h1-4H,(H4,12,13,16). The molecule has 0 aliphatic rings. The second-order valence-corrected chi connectivity index (χ2v) is 3.94. The molecule has 0 amide bonds. The molecule has 0 bridgehead atoms. The number of nitrogens with zero attached hydrogens (tertiary/aromatic N) is 4. The van der Waals surface area contributed by atoms with Crippen molar-refractivity contribution >= 4 is 29.2 Å². The van der Waals surface area contributed by atoms with Gasteiger partial charge in [-0.15, -0.1) is 15.3 Å². The van der Waals surface area contributed by atoms with Gasteiger partial charge >= 0.3 is 0 Å². The number of guanidine groups is 1. The molecule has 0 spiro atoms. The van der Waals surface area contributed by atoms with Gasteiger partial charge in [0, 0.05) is 0 Å². The summed E-state index contributed by atoms with van der Waals surface area (Å²) < 4.78 is 1.31. The Morgan fingerprint density at radius 3 is 2.47 bits per heavy atom. The second kappa shape index (κ2) is 4.60. The number of hydrogen-bond donors (Lipinski definition) is 2. The SMILES string of the molecule is NC(N)=Nn1cnnc1-c1c(Cl)cccc1Cl. The Morgan fingerprint density at radius 2 is 1.88 bits per heavy atom. The third-order valence-electron chi connectivity index (χ3n) is 1.94. The maximum Gasteiger partial charge on any atom is 0.209 e. The Hall–Kier alpha value is -1.79. The van der Waals surface area contributed by atoms with E-state index in [2.05, 4.69) is 15.3 Å². The van der Waals surface area contributed by atoms with Crippen LogP contribution in [0.2, 0.25) is 10.0 Å². The first-order valence-corrected chi connectivity index (χ1v) is 5.29. The van der Waals surface area contributed by atoms with Crippen molar-refractivity contribution in [1.82, 2.24) is 14.9 Å². The van der Waals surface area contributed by atoms with Crippen LogP contribution in [-0.2, 0) is 0 Å². The molecule has 1 aromatic carbocycles. The highest BCUT2D eigenvalue weighted by Gasteiger charge is 2.14. The summed E-state index contributed by atoms with van der Waals surface area (Å²) >= 11 is 12.1. The summed E-state index contributed by atoms with van der Waals surface area (Å²) in [6, 6.07) is 5.12. The van der Waals surface area contributed by atoms with Gasteiger partial charge < -0.3 is 11.5 Å². The van der Waals surface area contributed by atoms with Crippen LogP contribution in [0.15, 0.2) is 29.6 Å². The number of nitrogens with two attached hydrogens (primary N) is 2. The molecule has 1 heterocycles. The molecule has 0 unspecified atom stereocenters.